The molecule has 0 saturated heterocycles. The van der Waals surface area contributed by atoms with Crippen LogP contribution in [-0.4, -0.2) is 36.0 Å². The summed E-state index contributed by atoms with van der Waals surface area (Å²) in [5.41, 5.74) is 5.09. The number of pyridine rings is 1. The Labute approximate surface area is 201 Å². The van der Waals surface area contributed by atoms with E-state index in [2.05, 4.69) is 10.1 Å². The first-order chi connectivity index (χ1) is 16.6. The van der Waals surface area contributed by atoms with Gasteiger partial charge in [0.25, 0.3) is 5.91 Å². The molecule has 2 unspecified atom stereocenters. The Bertz CT molecular complexity index is 1470. The van der Waals surface area contributed by atoms with Crippen molar-refractivity contribution in [3.05, 3.63) is 76.1 Å². The molecule has 0 fully saturated rings. The summed E-state index contributed by atoms with van der Waals surface area (Å²) in [6.07, 6.45) is 3.03. The summed E-state index contributed by atoms with van der Waals surface area (Å²) in [5.74, 6) is -4.14. The highest BCUT2D eigenvalue weighted by molar-refractivity contribution is 5.95. The van der Waals surface area contributed by atoms with Gasteiger partial charge in [0, 0.05) is 30.4 Å². The lowest BCUT2D eigenvalue weighted by Gasteiger charge is -2.40. The molecule has 9 heteroatoms. The first-order valence-electron chi connectivity index (χ1n) is 11.6. The van der Waals surface area contributed by atoms with Gasteiger partial charge in [0.15, 0.2) is 17.5 Å². The molecule has 3 aromatic heterocycles. The average molecular weight is 482 g/mol. The van der Waals surface area contributed by atoms with Gasteiger partial charge < -0.3 is 4.90 Å². The summed E-state index contributed by atoms with van der Waals surface area (Å²) in [7, 11) is 1.68. The maximum Gasteiger partial charge on any atom is 0.273 e. The number of hydrogen-bond acceptors (Lipinski definition) is 3. The molecule has 0 spiro atoms. The molecule has 35 heavy (non-hydrogen) atoms. The van der Waals surface area contributed by atoms with Crippen molar-refractivity contribution in [1.82, 2.24) is 24.1 Å². The lowest BCUT2D eigenvalue weighted by molar-refractivity contribution is 0.0537. The van der Waals surface area contributed by atoms with Crippen molar-refractivity contribution in [3.8, 4) is 11.3 Å². The minimum atomic E-state index is -1.50. The van der Waals surface area contributed by atoms with Crippen LogP contribution in [0.25, 0.3) is 16.9 Å². The highest BCUT2D eigenvalue weighted by Crippen LogP contribution is 2.40. The van der Waals surface area contributed by atoms with Gasteiger partial charge in [-0.15, -0.1) is 0 Å². The van der Waals surface area contributed by atoms with Crippen molar-refractivity contribution < 1.29 is 18.0 Å². The zero-order valence-corrected chi connectivity index (χ0v) is 20.2. The highest BCUT2D eigenvalue weighted by Gasteiger charge is 2.40. The number of carbonyl (C=O) groups is 1. The molecule has 1 aliphatic heterocycles. The van der Waals surface area contributed by atoms with Gasteiger partial charge in [-0.05, 0) is 57.4 Å². The zero-order chi connectivity index (χ0) is 25.2. The fraction of sp³-hybridized carbons (Fsp3) is 0.346. The van der Waals surface area contributed by atoms with E-state index in [1.807, 2.05) is 55.3 Å². The summed E-state index contributed by atoms with van der Waals surface area (Å²) in [6.45, 7) is 7.70. The van der Waals surface area contributed by atoms with E-state index in [-0.39, 0.29) is 23.6 Å². The van der Waals surface area contributed by atoms with Crippen molar-refractivity contribution in [2.75, 3.05) is 0 Å². The minimum Gasteiger partial charge on any atom is -0.326 e. The van der Waals surface area contributed by atoms with Gasteiger partial charge in [0.1, 0.15) is 11.3 Å². The fourth-order valence-electron chi connectivity index (χ4n) is 5.29. The second kappa shape index (κ2) is 8.25. The van der Waals surface area contributed by atoms with Crippen LogP contribution in [0.2, 0.25) is 0 Å². The second-order valence-electron chi connectivity index (χ2n) is 9.22. The molecular weight excluding hydrogens is 455 g/mol. The van der Waals surface area contributed by atoms with Crippen LogP contribution in [0.1, 0.15) is 59.3 Å². The molecule has 1 aromatic carbocycles. The normalized spacial score (nSPS) is 17.8. The SMILES string of the molecule is CCC1Cc2c(nn(C)c2-c2cc(F)c(F)c(F)c2)C(C)N1C(=O)c1c(C)nc2ccc(C)cn12. The smallest absolute Gasteiger partial charge is 0.273 e. The Balaban J connectivity index is 1.62. The summed E-state index contributed by atoms with van der Waals surface area (Å²) >= 11 is 0. The van der Waals surface area contributed by atoms with Crippen LogP contribution in [0.15, 0.2) is 30.5 Å². The van der Waals surface area contributed by atoms with Gasteiger partial charge in [-0.3, -0.25) is 13.9 Å². The molecule has 0 bridgehead atoms. The largest absolute Gasteiger partial charge is 0.326 e. The van der Waals surface area contributed by atoms with Crippen LogP contribution in [0.4, 0.5) is 13.2 Å². The van der Waals surface area contributed by atoms with E-state index in [1.165, 1.54) is 0 Å². The number of aromatic nitrogens is 4. The van der Waals surface area contributed by atoms with E-state index in [0.717, 1.165) is 23.3 Å². The standard InChI is InChI=1S/C26H26F3N5O/c1-6-17-11-18-23(31-32(5)25(18)16-9-19(27)22(29)20(28)10-16)15(4)34(17)26(35)24-14(3)30-21-8-7-13(2)12-33(21)24/h7-10,12,15,17H,6,11H2,1-5H3. The van der Waals surface area contributed by atoms with E-state index in [1.54, 1.807) is 11.7 Å². The molecule has 1 aliphatic rings. The molecule has 0 radical (unpaired) electrons. The molecule has 182 valence electrons. The van der Waals surface area contributed by atoms with Crippen LogP contribution in [-0.2, 0) is 13.5 Å². The molecule has 4 heterocycles. The highest BCUT2D eigenvalue weighted by atomic mass is 19.2. The second-order valence-corrected chi connectivity index (χ2v) is 9.22. The molecular formula is C26H26F3N5O. The van der Waals surface area contributed by atoms with E-state index in [4.69, 9.17) is 0 Å². The molecule has 4 aromatic rings. The van der Waals surface area contributed by atoms with Crippen LogP contribution >= 0.6 is 0 Å². The zero-order valence-electron chi connectivity index (χ0n) is 20.2. The number of nitrogens with zero attached hydrogens (tertiary/aromatic N) is 5. The maximum absolute atomic E-state index is 14.0. The van der Waals surface area contributed by atoms with Gasteiger partial charge in [-0.1, -0.05) is 13.0 Å². The average Bonchev–Trinajstić information content (AvgIpc) is 3.31. The minimum absolute atomic E-state index is 0.142. The summed E-state index contributed by atoms with van der Waals surface area (Å²) in [6, 6.07) is 5.27. The van der Waals surface area contributed by atoms with Crippen molar-refractivity contribution in [1.29, 1.82) is 0 Å². The monoisotopic (exact) mass is 481 g/mol. The lowest BCUT2D eigenvalue weighted by atomic mass is 9.89. The number of hydrogen-bond donors (Lipinski definition) is 0. The number of carbonyl (C=O) groups excluding carboxylic acids is 1. The third-order valence-corrected chi connectivity index (χ3v) is 6.93. The molecule has 0 aliphatic carbocycles. The van der Waals surface area contributed by atoms with Gasteiger partial charge in [0.2, 0.25) is 0 Å². The molecule has 0 saturated carbocycles. The fourth-order valence-corrected chi connectivity index (χ4v) is 5.29. The summed E-state index contributed by atoms with van der Waals surface area (Å²) < 4.78 is 45.0. The predicted molar refractivity (Wildman–Crippen MR) is 126 cm³/mol. The number of aryl methyl sites for hydroxylation is 3. The van der Waals surface area contributed by atoms with Crippen molar-refractivity contribution in [3.63, 3.8) is 0 Å². The van der Waals surface area contributed by atoms with E-state index in [0.29, 0.717) is 41.3 Å². The molecule has 2 atom stereocenters. The van der Waals surface area contributed by atoms with Crippen molar-refractivity contribution in [2.24, 2.45) is 7.05 Å². The lowest BCUT2D eigenvalue weighted by Crippen LogP contribution is -2.46. The Morgan fingerprint density at radius 2 is 1.83 bits per heavy atom. The summed E-state index contributed by atoms with van der Waals surface area (Å²) in [5, 5.41) is 4.63. The molecule has 0 N–H and O–H groups in total. The van der Waals surface area contributed by atoms with Gasteiger partial charge >= 0.3 is 0 Å². The Kier molecular flexibility index (Phi) is 5.45. The van der Waals surface area contributed by atoms with Gasteiger partial charge in [-0.25, -0.2) is 18.2 Å². The van der Waals surface area contributed by atoms with Gasteiger partial charge in [0.05, 0.1) is 23.1 Å². The molecule has 5 rings (SSSR count). The van der Waals surface area contributed by atoms with Crippen molar-refractivity contribution >= 4 is 11.6 Å². The van der Waals surface area contributed by atoms with Crippen molar-refractivity contribution in [2.45, 2.75) is 52.6 Å². The van der Waals surface area contributed by atoms with Crippen LogP contribution in [0.5, 0.6) is 0 Å². The van der Waals surface area contributed by atoms with E-state index in [9.17, 15) is 18.0 Å². The predicted octanol–water partition coefficient (Wildman–Crippen LogP) is 5.31. The quantitative estimate of drug-likeness (QED) is 0.373. The number of fused-ring (bicyclic) bond motifs is 2. The Morgan fingerprint density at radius 3 is 2.49 bits per heavy atom. The third kappa shape index (κ3) is 3.52. The third-order valence-electron chi connectivity index (χ3n) is 6.93. The number of rotatable bonds is 3. The van der Waals surface area contributed by atoms with Crippen LogP contribution in [0.3, 0.4) is 0 Å². The molecule has 6 nitrogen and oxygen atoms in total. The number of halogens is 3. The number of benzene rings is 1. The Morgan fingerprint density at radius 1 is 1.14 bits per heavy atom. The first-order valence-corrected chi connectivity index (χ1v) is 11.6. The number of imidazole rings is 1. The maximum atomic E-state index is 14.0. The number of amides is 1. The van der Waals surface area contributed by atoms with Gasteiger partial charge in [-0.2, -0.15) is 5.10 Å². The van der Waals surface area contributed by atoms with Crippen LogP contribution < -0.4 is 0 Å². The summed E-state index contributed by atoms with van der Waals surface area (Å²) in [4.78, 5) is 20.4. The van der Waals surface area contributed by atoms with E-state index < -0.39 is 17.5 Å². The topological polar surface area (TPSA) is 55.4 Å². The Hall–Kier alpha value is -3.62. The van der Waals surface area contributed by atoms with E-state index >= 15 is 0 Å². The van der Waals surface area contributed by atoms with Crippen LogP contribution in [0, 0.1) is 31.3 Å². The first kappa shape index (κ1) is 23.1. The molecule has 1 amide bonds.